The lowest BCUT2D eigenvalue weighted by molar-refractivity contribution is 0.242. The first kappa shape index (κ1) is 25.0. The SMILES string of the molecule is Cc1cccc(-n2c(C)cc([C@@H]3[C@@H](c4ccccn4)NC(=S)N3c3ccc(OC(C)C)cc3)c2C)c1C. The molecule has 1 fully saturated rings. The van der Waals surface area contributed by atoms with Crippen LogP contribution in [0.25, 0.3) is 5.69 Å². The van der Waals surface area contributed by atoms with E-state index in [-0.39, 0.29) is 18.2 Å². The minimum absolute atomic E-state index is 0.0654. The van der Waals surface area contributed by atoms with Crippen molar-refractivity contribution in [2.75, 3.05) is 4.90 Å². The molecule has 4 aromatic rings. The summed E-state index contributed by atoms with van der Waals surface area (Å²) in [5.74, 6) is 0.850. The van der Waals surface area contributed by atoms with Crippen LogP contribution in [0.15, 0.2) is 72.9 Å². The Morgan fingerprint density at radius 2 is 1.70 bits per heavy atom. The normalized spacial score (nSPS) is 17.4. The van der Waals surface area contributed by atoms with Gasteiger partial charge >= 0.3 is 0 Å². The van der Waals surface area contributed by atoms with Crippen molar-refractivity contribution in [2.45, 2.75) is 59.7 Å². The average molecular weight is 511 g/mol. The van der Waals surface area contributed by atoms with E-state index in [0.29, 0.717) is 5.11 Å². The molecular weight excluding hydrogens is 476 g/mol. The number of hydrogen-bond donors (Lipinski definition) is 1. The quantitative estimate of drug-likeness (QED) is 0.281. The van der Waals surface area contributed by atoms with E-state index in [1.54, 1.807) is 0 Å². The fourth-order valence-electron chi connectivity index (χ4n) is 5.34. The second kappa shape index (κ2) is 10.0. The van der Waals surface area contributed by atoms with Crippen molar-refractivity contribution in [3.8, 4) is 11.4 Å². The van der Waals surface area contributed by atoms with Crippen molar-refractivity contribution < 1.29 is 4.74 Å². The molecule has 2 aromatic heterocycles. The Bertz CT molecular complexity index is 1430. The summed E-state index contributed by atoms with van der Waals surface area (Å²) in [6, 6.07) is 22.9. The molecule has 2 atom stereocenters. The number of hydrogen-bond acceptors (Lipinski definition) is 3. The van der Waals surface area contributed by atoms with Gasteiger partial charge in [-0.2, -0.15) is 0 Å². The molecule has 6 heteroatoms. The van der Waals surface area contributed by atoms with E-state index >= 15 is 0 Å². The number of pyridine rings is 1. The monoisotopic (exact) mass is 510 g/mol. The van der Waals surface area contributed by atoms with Gasteiger partial charge in [0.1, 0.15) is 5.75 Å². The molecule has 3 heterocycles. The standard InChI is InChI=1S/C31H34N4OS/c1-19(2)36-25-15-13-24(14-16-25)35-30(29(33-31(35)37)27-11-7-8-17-32-27)26-18-21(4)34(23(26)6)28-12-9-10-20(3)22(28)5/h7-19,29-30H,1-6H3,(H,33,37)/t29-,30-/m1/s1. The van der Waals surface area contributed by atoms with E-state index in [0.717, 1.165) is 17.1 Å². The number of thiocarbonyl (C=S) groups is 1. The van der Waals surface area contributed by atoms with E-state index in [2.05, 4.69) is 84.9 Å². The Balaban J connectivity index is 1.64. The first-order valence-electron chi connectivity index (χ1n) is 12.8. The molecule has 2 aromatic carbocycles. The lowest BCUT2D eigenvalue weighted by Gasteiger charge is -2.28. The second-order valence-electron chi connectivity index (χ2n) is 10.0. The third-order valence-corrected chi connectivity index (χ3v) is 7.51. The summed E-state index contributed by atoms with van der Waals surface area (Å²) in [5.41, 5.74) is 9.40. The highest BCUT2D eigenvalue weighted by molar-refractivity contribution is 7.80. The van der Waals surface area contributed by atoms with Gasteiger partial charge in [0.25, 0.3) is 0 Å². The fourth-order valence-corrected chi connectivity index (χ4v) is 5.69. The van der Waals surface area contributed by atoms with Gasteiger partial charge in [0.15, 0.2) is 5.11 Å². The summed E-state index contributed by atoms with van der Waals surface area (Å²) in [5, 5.41) is 4.27. The topological polar surface area (TPSA) is 42.3 Å². The first-order chi connectivity index (χ1) is 17.8. The molecule has 0 spiro atoms. The average Bonchev–Trinajstić information content (AvgIpc) is 3.37. The van der Waals surface area contributed by atoms with Crippen LogP contribution in [-0.2, 0) is 0 Å². The molecule has 190 valence electrons. The molecule has 0 bridgehead atoms. The third-order valence-electron chi connectivity index (χ3n) is 7.19. The summed E-state index contributed by atoms with van der Waals surface area (Å²) in [6.45, 7) is 12.8. The Kier molecular flexibility index (Phi) is 6.78. The van der Waals surface area contributed by atoms with Crippen molar-refractivity contribution in [3.63, 3.8) is 0 Å². The van der Waals surface area contributed by atoms with Crippen LogP contribution in [0, 0.1) is 27.7 Å². The molecule has 1 aliphatic heterocycles. The molecule has 0 unspecified atom stereocenters. The zero-order valence-corrected chi connectivity index (χ0v) is 23.1. The zero-order chi connectivity index (χ0) is 26.3. The van der Waals surface area contributed by atoms with Gasteiger partial charge in [-0.3, -0.25) is 4.98 Å². The van der Waals surface area contributed by atoms with Crippen molar-refractivity contribution in [2.24, 2.45) is 0 Å². The van der Waals surface area contributed by atoms with Gasteiger partial charge < -0.3 is 19.5 Å². The molecule has 0 aliphatic carbocycles. The lowest BCUT2D eigenvalue weighted by atomic mass is 9.96. The maximum atomic E-state index is 5.94. The molecule has 0 amide bonds. The number of nitrogens with zero attached hydrogens (tertiary/aromatic N) is 3. The molecule has 1 saturated heterocycles. The minimum atomic E-state index is -0.0900. The van der Waals surface area contributed by atoms with Crippen molar-refractivity contribution in [3.05, 3.63) is 107 Å². The lowest BCUT2D eigenvalue weighted by Crippen LogP contribution is -2.29. The van der Waals surface area contributed by atoms with E-state index in [1.807, 2.05) is 44.3 Å². The number of aromatic nitrogens is 2. The summed E-state index contributed by atoms with van der Waals surface area (Å²) in [6.07, 6.45) is 1.97. The summed E-state index contributed by atoms with van der Waals surface area (Å²) < 4.78 is 8.26. The van der Waals surface area contributed by atoms with Crippen LogP contribution in [0.1, 0.15) is 59.7 Å². The highest BCUT2D eigenvalue weighted by Crippen LogP contribution is 2.44. The molecule has 5 rings (SSSR count). The Hall–Kier alpha value is -3.64. The van der Waals surface area contributed by atoms with Crippen LogP contribution in [0.4, 0.5) is 5.69 Å². The van der Waals surface area contributed by atoms with Crippen molar-refractivity contribution in [1.82, 2.24) is 14.9 Å². The van der Waals surface area contributed by atoms with Crippen LogP contribution in [0.3, 0.4) is 0 Å². The van der Waals surface area contributed by atoms with Crippen LogP contribution < -0.4 is 15.0 Å². The van der Waals surface area contributed by atoms with Gasteiger partial charge in [0.2, 0.25) is 0 Å². The van der Waals surface area contributed by atoms with Crippen LogP contribution in [0.5, 0.6) is 5.75 Å². The van der Waals surface area contributed by atoms with Gasteiger partial charge in [-0.1, -0.05) is 18.2 Å². The van der Waals surface area contributed by atoms with Gasteiger partial charge in [0.05, 0.1) is 23.9 Å². The van der Waals surface area contributed by atoms with E-state index < -0.39 is 0 Å². The number of rotatable bonds is 6. The van der Waals surface area contributed by atoms with E-state index in [9.17, 15) is 0 Å². The van der Waals surface area contributed by atoms with Crippen LogP contribution in [0.2, 0.25) is 0 Å². The highest BCUT2D eigenvalue weighted by atomic mass is 32.1. The summed E-state index contributed by atoms with van der Waals surface area (Å²) >= 11 is 5.94. The molecule has 37 heavy (non-hydrogen) atoms. The second-order valence-corrected chi connectivity index (χ2v) is 10.4. The molecule has 1 N–H and O–H groups in total. The Morgan fingerprint density at radius 3 is 2.38 bits per heavy atom. The van der Waals surface area contributed by atoms with Crippen LogP contribution >= 0.6 is 12.2 Å². The smallest absolute Gasteiger partial charge is 0.174 e. The predicted octanol–water partition coefficient (Wildman–Crippen LogP) is 7.07. The van der Waals surface area contributed by atoms with Crippen molar-refractivity contribution >= 4 is 23.0 Å². The van der Waals surface area contributed by atoms with Crippen LogP contribution in [-0.4, -0.2) is 20.8 Å². The Morgan fingerprint density at radius 1 is 0.946 bits per heavy atom. The summed E-state index contributed by atoms with van der Waals surface area (Å²) in [7, 11) is 0. The maximum Gasteiger partial charge on any atom is 0.174 e. The summed E-state index contributed by atoms with van der Waals surface area (Å²) in [4.78, 5) is 6.94. The first-order valence-corrected chi connectivity index (χ1v) is 13.2. The largest absolute Gasteiger partial charge is 0.491 e. The zero-order valence-electron chi connectivity index (χ0n) is 22.3. The van der Waals surface area contributed by atoms with Gasteiger partial charge in [-0.15, -0.1) is 0 Å². The highest BCUT2D eigenvalue weighted by Gasteiger charge is 2.42. The third kappa shape index (κ3) is 4.62. The predicted molar refractivity (Wildman–Crippen MR) is 155 cm³/mol. The molecule has 1 aliphatic rings. The number of nitrogens with one attached hydrogen (secondary N) is 1. The van der Waals surface area contributed by atoms with Gasteiger partial charge in [-0.05, 0) is 119 Å². The number of ether oxygens (including phenoxy) is 1. The molecular formula is C31H34N4OS. The molecule has 0 radical (unpaired) electrons. The minimum Gasteiger partial charge on any atom is -0.491 e. The van der Waals surface area contributed by atoms with E-state index in [1.165, 1.54) is 33.8 Å². The fraction of sp³-hybridized carbons (Fsp3) is 0.290. The molecule has 0 saturated carbocycles. The number of anilines is 1. The maximum absolute atomic E-state index is 5.94. The van der Waals surface area contributed by atoms with E-state index in [4.69, 9.17) is 21.9 Å². The molecule has 5 nitrogen and oxygen atoms in total. The van der Waals surface area contributed by atoms with Crippen molar-refractivity contribution in [1.29, 1.82) is 0 Å². The number of aryl methyl sites for hydroxylation is 2. The van der Waals surface area contributed by atoms with Gasteiger partial charge in [-0.25, -0.2) is 0 Å². The Labute approximate surface area is 225 Å². The number of benzene rings is 2. The van der Waals surface area contributed by atoms with Gasteiger partial charge in [0, 0.05) is 29.0 Å².